The monoisotopic (exact) mass is 242 g/mol. The first kappa shape index (κ1) is 13.1. The van der Waals surface area contributed by atoms with Crippen LogP contribution in [0.25, 0.3) is 0 Å². The average Bonchev–Trinajstić information content (AvgIpc) is 1.93. The van der Waals surface area contributed by atoms with Crippen molar-refractivity contribution in [1.82, 2.24) is 0 Å². The number of aliphatic hydroxyl groups is 1. The summed E-state index contributed by atoms with van der Waals surface area (Å²) in [6, 6.07) is 0. The fraction of sp³-hybridized carbons (Fsp3) is 0.750. The molecule has 12 heavy (non-hydrogen) atoms. The van der Waals surface area contributed by atoms with Gasteiger partial charge in [-0.15, -0.1) is 5.92 Å². The van der Waals surface area contributed by atoms with Crippen molar-refractivity contribution in [2.24, 2.45) is 5.92 Å². The van der Waals surface area contributed by atoms with Crippen LogP contribution < -0.4 is 58.2 Å². The molecule has 3 nitrogen and oxygen atoms in total. The van der Waals surface area contributed by atoms with Gasteiger partial charge in [0.2, 0.25) is 0 Å². The Labute approximate surface area is 121 Å². The van der Waals surface area contributed by atoms with Gasteiger partial charge in [-0.1, -0.05) is 19.3 Å². The number of rotatable bonds is 2. The van der Waals surface area contributed by atoms with E-state index in [2.05, 4.69) is 0 Å². The fourth-order valence-corrected chi connectivity index (χ4v) is 1.52. The van der Waals surface area contributed by atoms with Crippen LogP contribution in [0.3, 0.4) is 0 Å². The van der Waals surface area contributed by atoms with Crippen LogP contribution >= 0.6 is 0 Å². The second-order valence-electron chi connectivity index (χ2n) is 3.02. The Morgan fingerprint density at radius 2 is 1.92 bits per heavy atom. The van der Waals surface area contributed by atoms with E-state index in [1.165, 1.54) is 6.42 Å². The van der Waals surface area contributed by atoms with Gasteiger partial charge in [-0.2, -0.15) is 0 Å². The Morgan fingerprint density at radius 3 is 2.42 bits per heavy atom. The third kappa shape index (κ3) is 4.37. The van der Waals surface area contributed by atoms with E-state index in [-0.39, 0.29) is 64.1 Å². The minimum atomic E-state index is -0.920. The molecule has 64 valence electrons. The van der Waals surface area contributed by atoms with Crippen molar-refractivity contribution in [3.05, 3.63) is 6.42 Å². The Bertz CT molecular complexity index is 149. The molecule has 0 aromatic rings. The molecule has 1 rings (SSSR count). The molecule has 0 heterocycles. The number of carboxylic acid groups (broad SMARTS) is 1. The third-order valence-corrected chi connectivity index (χ3v) is 2.14. The van der Waals surface area contributed by atoms with E-state index in [1.807, 2.05) is 0 Å². The van der Waals surface area contributed by atoms with E-state index in [1.54, 1.807) is 0 Å². The van der Waals surface area contributed by atoms with Crippen molar-refractivity contribution < 1.29 is 73.2 Å². The Hall–Kier alpha value is 1.11. The van der Waals surface area contributed by atoms with E-state index in [4.69, 9.17) is 5.11 Å². The molecule has 2 unspecified atom stereocenters. The maximum atomic E-state index is 10.2. The Morgan fingerprint density at radius 1 is 1.33 bits per heavy atom. The standard InChI is InChI=1S/C8H13O3.Rb/c9-7-4-2-1-3-6(7)5-8(10)11;/h5-7,9H,1-4H2,(H,10,11);/q-1;+1. The summed E-state index contributed by atoms with van der Waals surface area (Å²) in [5.74, 6) is -1.04. The molecule has 0 spiro atoms. The van der Waals surface area contributed by atoms with Crippen LogP contribution in [0.15, 0.2) is 0 Å². The number of aliphatic hydroxyl groups excluding tert-OH is 1. The number of carboxylic acids is 1. The molecule has 0 radical (unpaired) electrons. The molecule has 1 fully saturated rings. The summed E-state index contributed by atoms with van der Waals surface area (Å²) in [6.07, 6.45) is 4.39. The van der Waals surface area contributed by atoms with E-state index in [0.717, 1.165) is 25.7 Å². The van der Waals surface area contributed by atoms with E-state index in [9.17, 15) is 9.90 Å². The molecule has 1 saturated carbocycles. The van der Waals surface area contributed by atoms with E-state index in [0.29, 0.717) is 0 Å². The second-order valence-corrected chi connectivity index (χ2v) is 3.02. The zero-order valence-corrected chi connectivity index (χ0v) is 12.3. The summed E-state index contributed by atoms with van der Waals surface area (Å²) in [5, 5.41) is 17.7. The minimum Gasteiger partial charge on any atom is -0.503 e. The predicted molar refractivity (Wildman–Crippen MR) is 39.9 cm³/mol. The zero-order chi connectivity index (χ0) is 8.27. The molecule has 0 amide bonds. The third-order valence-electron chi connectivity index (χ3n) is 2.14. The largest absolute Gasteiger partial charge is 1.00 e. The normalized spacial score (nSPS) is 28.8. The summed E-state index contributed by atoms with van der Waals surface area (Å²) in [6.45, 7) is 0. The predicted octanol–water partition coefficient (Wildman–Crippen LogP) is -2.17. The number of aliphatic carboxylic acids is 1. The van der Waals surface area contributed by atoms with Crippen molar-refractivity contribution in [3.8, 4) is 0 Å². The molecule has 2 N–H and O–H groups in total. The maximum Gasteiger partial charge on any atom is 1.00 e. The fourth-order valence-electron chi connectivity index (χ4n) is 1.52. The number of hydrogen-bond acceptors (Lipinski definition) is 2. The van der Waals surface area contributed by atoms with Crippen LogP contribution in [0.1, 0.15) is 25.7 Å². The van der Waals surface area contributed by atoms with Gasteiger partial charge in [-0.25, -0.2) is 0 Å². The van der Waals surface area contributed by atoms with Gasteiger partial charge in [-0.3, -0.25) is 11.2 Å². The topological polar surface area (TPSA) is 57.5 Å². The van der Waals surface area contributed by atoms with Gasteiger partial charge in [0.05, 0.1) is 0 Å². The second kappa shape index (κ2) is 6.54. The average molecular weight is 243 g/mol. The minimum absolute atomic E-state index is 0. The van der Waals surface area contributed by atoms with Gasteiger partial charge in [0.25, 0.3) is 0 Å². The molecular formula is C8H13O3Rb. The summed E-state index contributed by atoms with van der Waals surface area (Å²) < 4.78 is 0. The molecule has 0 bridgehead atoms. The first-order valence-corrected chi connectivity index (χ1v) is 3.96. The smallest absolute Gasteiger partial charge is 0.503 e. The van der Waals surface area contributed by atoms with Crippen LogP contribution in [0, 0.1) is 12.3 Å². The van der Waals surface area contributed by atoms with Crippen LogP contribution in [-0.2, 0) is 4.79 Å². The zero-order valence-electron chi connectivity index (χ0n) is 7.36. The summed E-state index contributed by atoms with van der Waals surface area (Å²) >= 11 is 0. The quantitative estimate of drug-likeness (QED) is 0.542. The van der Waals surface area contributed by atoms with Crippen molar-refractivity contribution in [2.45, 2.75) is 31.8 Å². The summed E-state index contributed by atoms with van der Waals surface area (Å²) in [5.41, 5.74) is 0. The first-order chi connectivity index (χ1) is 5.20. The summed E-state index contributed by atoms with van der Waals surface area (Å²) in [4.78, 5) is 10.2. The van der Waals surface area contributed by atoms with Gasteiger partial charge in [-0.05, 0) is 6.42 Å². The Kier molecular flexibility index (Phi) is 7.15. The molecule has 1 aliphatic carbocycles. The van der Waals surface area contributed by atoms with Gasteiger partial charge in [0.1, 0.15) is 0 Å². The van der Waals surface area contributed by atoms with Crippen LogP contribution in [0.2, 0.25) is 0 Å². The molecular weight excluding hydrogens is 230 g/mol. The van der Waals surface area contributed by atoms with Gasteiger partial charge >= 0.3 is 58.2 Å². The number of carbonyl (C=O) groups is 1. The molecule has 0 aromatic heterocycles. The van der Waals surface area contributed by atoms with Crippen molar-refractivity contribution in [1.29, 1.82) is 0 Å². The Balaban J connectivity index is 0.00000121. The van der Waals surface area contributed by atoms with E-state index >= 15 is 0 Å². The van der Waals surface area contributed by atoms with Crippen molar-refractivity contribution >= 4 is 5.97 Å². The van der Waals surface area contributed by atoms with Gasteiger partial charge < -0.3 is 10.2 Å². The maximum absolute atomic E-state index is 10.2. The summed E-state index contributed by atoms with van der Waals surface area (Å²) in [7, 11) is 0. The molecule has 1 aliphatic rings. The van der Waals surface area contributed by atoms with Crippen molar-refractivity contribution in [2.75, 3.05) is 0 Å². The molecule has 0 aromatic carbocycles. The van der Waals surface area contributed by atoms with Crippen LogP contribution in [0.4, 0.5) is 0 Å². The molecule has 0 saturated heterocycles. The molecule has 2 atom stereocenters. The van der Waals surface area contributed by atoms with Crippen LogP contribution in [-0.4, -0.2) is 22.3 Å². The SMILES string of the molecule is O=C(O)[CH-]C1CCCCC1O.[Rb+]. The molecule has 0 aliphatic heterocycles. The van der Waals surface area contributed by atoms with E-state index < -0.39 is 12.1 Å². The van der Waals surface area contributed by atoms with Crippen LogP contribution in [0.5, 0.6) is 0 Å². The van der Waals surface area contributed by atoms with Crippen molar-refractivity contribution in [3.63, 3.8) is 0 Å². The first-order valence-electron chi connectivity index (χ1n) is 3.96. The van der Waals surface area contributed by atoms with Gasteiger partial charge in [0, 0.05) is 6.10 Å². The number of hydrogen-bond donors (Lipinski definition) is 2. The van der Waals surface area contributed by atoms with Gasteiger partial charge in [0.15, 0.2) is 5.97 Å². The molecule has 4 heteroatoms.